The van der Waals surface area contributed by atoms with E-state index in [1.54, 1.807) is 12.4 Å². The Morgan fingerprint density at radius 1 is 0.658 bits per heavy atom. The molecule has 10 nitrogen and oxygen atoms in total. The van der Waals surface area contributed by atoms with Gasteiger partial charge in [-0.05, 0) is 69.3 Å². The molecular weight excluding hydrogens is 476 g/mol. The van der Waals surface area contributed by atoms with E-state index in [1.165, 1.54) is 0 Å². The van der Waals surface area contributed by atoms with Crippen molar-refractivity contribution in [1.29, 1.82) is 0 Å². The lowest BCUT2D eigenvalue weighted by Crippen LogP contribution is -2.18. The fraction of sp³-hybridized carbons (Fsp3) is 0.214. The summed E-state index contributed by atoms with van der Waals surface area (Å²) < 4.78 is 3.79. The van der Waals surface area contributed by atoms with Crippen molar-refractivity contribution >= 4 is 50.8 Å². The maximum atomic E-state index is 4.98. The number of hydrogen-bond donors (Lipinski definition) is 0. The Hall–Kier alpha value is -4.86. The third kappa shape index (κ3) is 3.90. The van der Waals surface area contributed by atoms with Gasteiger partial charge in [0, 0.05) is 61.4 Å². The van der Waals surface area contributed by atoms with Crippen molar-refractivity contribution in [2.24, 2.45) is 14.1 Å². The molecule has 0 aliphatic rings. The largest absolute Gasteiger partial charge is 0.329 e. The van der Waals surface area contributed by atoms with Crippen LogP contribution in [-0.2, 0) is 14.1 Å². The molecule has 0 atom stereocenters. The highest BCUT2D eigenvalue weighted by Crippen LogP contribution is 2.35. The molecule has 0 aliphatic heterocycles. The maximum absolute atomic E-state index is 4.98. The molecular formula is C28H28N10. The Kier molecular flexibility index (Phi) is 5.52. The van der Waals surface area contributed by atoms with Crippen LogP contribution >= 0.6 is 0 Å². The van der Waals surface area contributed by atoms with Crippen molar-refractivity contribution in [3.63, 3.8) is 0 Å². The highest BCUT2D eigenvalue weighted by atomic mass is 15.3. The van der Waals surface area contributed by atoms with Gasteiger partial charge >= 0.3 is 0 Å². The topological polar surface area (TPSA) is 93.7 Å². The molecule has 0 spiro atoms. The van der Waals surface area contributed by atoms with Gasteiger partial charge in [0.1, 0.15) is 17.5 Å². The molecule has 4 heterocycles. The van der Waals surface area contributed by atoms with Crippen LogP contribution in [0.3, 0.4) is 0 Å². The number of rotatable bonds is 5. The predicted molar refractivity (Wildman–Crippen MR) is 150 cm³/mol. The Morgan fingerprint density at radius 3 is 2.13 bits per heavy atom. The maximum Gasteiger partial charge on any atom is 0.237 e. The zero-order valence-corrected chi connectivity index (χ0v) is 22.2. The minimum absolute atomic E-state index is 0.498. The number of nitrogens with zero attached hydrogens (tertiary/aromatic N) is 10. The van der Waals surface area contributed by atoms with Crippen LogP contribution in [0, 0.1) is 20.8 Å². The predicted octanol–water partition coefficient (Wildman–Crippen LogP) is 5.20. The summed E-state index contributed by atoms with van der Waals surface area (Å²) in [6, 6.07) is 16.2. The number of anilines is 5. The van der Waals surface area contributed by atoms with Crippen LogP contribution in [0.25, 0.3) is 21.8 Å². The van der Waals surface area contributed by atoms with Gasteiger partial charge in [0.05, 0.1) is 16.7 Å². The van der Waals surface area contributed by atoms with Gasteiger partial charge in [0.25, 0.3) is 0 Å². The first-order valence-electron chi connectivity index (χ1n) is 12.3. The van der Waals surface area contributed by atoms with E-state index in [1.807, 2.05) is 77.6 Å². The second-order valence-electron chi connectivity index (χ2n) is 9.39. The van der Waals surface area contributed by atoms with Gasteiger partial charge in [-0.1, -0.05) is 0 Å². The molecule has 0 amide bonds. The van der Waals surface area contributed by atoms with Gasteiger partial charge < -0.3 is 4.90 Å². The zero-order chi connectivity index (χ0) is 26.6. The molecule has 2 aromatic carbocycles. The van der Waals surface area contributed by atoms with Crippen molar-refractivity contribution in [1.82, 2.24) is 39.5 Å². The van der Waals surface area contributed by atoms with Gasteiger partial charge in [-0.25, -0.2) is 15.0 Å². The first-order chi connectivity index (χ1) is 18.3. The smallest absolute Gasteiger partial charge is 0.237 e. The summed E-state index contributed by atoms with van der Waals surface area (Å²) >= 11 is 0. The molecule has 190 valence electrons. The molecule has 0 bridgehead atoms. The van der Waals surface area contributed by atoms with E-state index >= 15 is 0 Å². The van der Waals surface area contributed by atoms with Gasteiger partial charge in [0.2, 0.25) is 5.95 Å². The van der Waals surface area contributed by atoms with Crippen molar-refractivity contribution in [2.75, 3.05) is 16.8 Å². The SMILES string of the molecule is Cc1nccc(N(c2ccc3c(C)n(C)nc3c2)c2nccc(N(C)c3ccc4nn(C)c(C)c4c3)n2)n1. The van der Waals surface area contributed by atoms with Crippen LogP contribution < -0.4 is 9.80 Å². The fourth-order valence-corrected chi connectivity index (χ4v) is 4.66. The third-order valence-electron chi connectivity index (χ3n) is 7.04. The minimum atomic E-state index is 0.498. The van der Waals surface area contributed by atoms with Crippen LogP contribution in [0.2, 0.25) is 0 Å². The van der Waals surface area contributed by atoms with Crippen LogP contribution in [-0.4, -0.2) is 46.5 Å². The highest BCUT2D eigenvalue weighted by Gasteiger charge is 2.20. The summed E-state index contributed by atoms with van der Waals surface area (Å²) in [5, 5.41) is 11.5. The van der Waals surface area contributed by atoms with Crippen LogP contribution in [0.1, 0.15) is 17.2 Å². The number of aromatic nitrogens is 8. The summed E-state index contributed by atoms with van der Waals surface area (Å²) in [5.74, 6) is 2.59. The molecule has 4 aromatic heterocycles. The van der Waals surface area contributed by atoms with Crippen LogP contribution in [0.15, 0.2) is 60.9 Å². The quantitative estimate of drug-likeness (QED) is 0.316. The average molecular weight is 505 g/mol. The molecule has 0 fully saturated rings. The molecule has 0 saturated heterocycles. The summed E-state index contributed by atoms with van der Waals surface area (Å²) in [6.07, 6.45) is 3.52. The van der Waals surface area contributed by atoms with Crippen molar-refractivity contribution in [3.8, 4) is 0 Å². The highest BCUT2D eigenvalue weighted by molar-refractivity contribution is 5.88. The minimum Gasteiger partial charge on any atom is -0.329 e. The Labute approximate surface area is 220 Å². The van der Waals surface area contributed by atoms with Crippen molar-refractivity contribution < 1.29 is 0 Å². The fourth-order valence-electron chi connectivity index (χ4n) is 4.66. The Morgan fingerprint density at radius 2 is 1.34 bits per heavy atom. The first kappa shape index (κ1) is 23.5. The van der Waals surface area contributed by atoms with Crippen molar-refractivity contribution in [2.45, 2.75) is 20.8 Å². The van der Waals surface area contributed by atoms with E-state index in [0.717, 1.165) is 50.4 Å². The monoisotopic (exact) mass is 504 g/mol. The van der Waals surface area contributed by atoms with E-state index in [2.05, 4.69) is 52.2 Å². The van der Waals surface area contributed by atoms with Crippen LogP contribution in [0.4, 0.5) is 29.0 Å². The number of aryl methyl sites for hydroxylation is 5. The first-order valence-corrected chi connectivity index (χ1v) is 12.3. The lowest BCUT2D eigenvalue weighted by Gasteiger charge is -2.24. The zero-order valence-electron chi connectivity index (χ0n) is 22.2. The molecule has 0 unspecified atom stereocenters. The number of hydrogen-bond acceptors (Lipinski definition) is 8. The molecule has 6 rings (SSSR count). The standard InChI is InChI=1S/C28H28N10/c1-17-22-9-7-21(16-25(22)34-36(17)5)38(27-12-13-29-19(3)31-27)28-30-14-11-26(32-28)35(4)20-8-10-24-23(15-20)18(2)37(6)33-24/h7-16H,1-6H3. The van der Waals surface area contributed by atoms with Gasteiger partial charge in [-0.2, -0.15) is 15.2 Å². The lowest BCUT2D eigenvalue weighted by atomic mass is 10.2. The molecule has 0 saturated carbocycles. The number of benzene rings is 2. The van der Waals surface area contributed by atoms with E-state index in [9.17, 15) is 0 Å². The van der Waals surface area contributed by atoms with E-state index in [4.69, 9.17) is 9.97 Å². The Balaban J connectivity index is 1.46. The summed E-state index contributed by atoms with van der Waals surface area (Å²) in [6.45, 7) is 6.01. The number of fused-ring (bicyclic) bond motifs is 2. The van der Waals surface area contributed by atoms with E-state index in [0.29, 0.717) is 17.6 Å². The third-order valence-corrected chi connectivity index (χ3v) is 7.04. The molecule has 38 heavy (non-hydrogen) atoms. The second kappa shape index (κ2) is 8.91. The second-order valence-corrected chi connectivity index (χ2v) is 9.39. The molecule has 0 N–H and O–H groups in total. The van der Waals surface area contributed by atoms with Gasteiger partial charge in [-0.3, -0.25) is 14.3 Å². The summed E-state index contributed by atoms with van der Waals surface area (Å²) in [5.41, 5.74) is 5.96. The van der Waals surface area contributed by atoms with E-state index < -0.39 is 0 Å². The van der Waals surface area contributed by atoms with E-state index in [-0.39, 0.29) is 0 Å². The van der Waals surface area contributed by atoms with Gasteiger partial charge in [0.15, 0.2) is 0 Å². The lowest BCUT2D eigenvalue weighted by molar-refractivity contribution is 0.751. The molecule has 0 aliphatic carbocycles. The summed E-state index contributed by atoms with van der Waals surface area (Å²) in [4.78, 5) is 22.6. The average Bonchev–Trinajstić information content (AvgIpc) is 3.37. The normalized spacial score (nSPS) is 11.4. The van der Waals surface area contributed by atoms with Crippen LogP contribution in [0.5, 0.6) is 0 Å². The van der Waals surface area contributed by atoms with Gasteiger partial charge in [-0.15, -0.1) is 0 Å². The molecule has 0 radical (unpaired) electrons. The molecule has 10 heteroatoms. The molecule has 6 aromatic rings. The summed E-state index contributed by atoms with van der Waals surface area (Å²) in [7, 11) is 5.91. The Bertz CT molecular complexity index is 1820. The van der Waals surface area contributed by atoms with Crippen molar-refractivity contribution in [3.05, 3.63) is 78.1 Å².